The zero-order chi connectivity index (χ0) is 14.5. The van der Waals surface area contributed by atoms with Crippen molar-refractivity contribution in [2.75, 3.05) is 6.61 Å². The molecule has 2 rings (SSSR count). The lowest BCUT2D eigenvalue weighted by Crippen LogP contribution is -2.04. The molecule has 0 unspecified atom stereocenters. The second-order valence-corrected chi connectivity index (χ2v) is 6.33. The number of hydrogen-bond donors (Lipinski definition) is 1. The highest BCUT2D eigenvalue weighted by Gasteiger charge is 2.20. The first-order chi connectivity index (χ1) is 9.63. The van der Waals surface area contributed by atoms with E-state index in [0.29, 0.717) is 6.61 Å². The van der Waals surface area contributed by atoms with Gasteiger partial charge in [0.2, 0.25) is 0 Å². The maximum Gasteiger partial charge on any atom is 0.331 e. The van der Waals surface area contributed by atoms with Crippen LogP contribution >= 0.6 is 24.0 Å². The van der Waals surface area contributed by atoms with E-state index >= 15 is 0 Å². The van der Waals surface area contributed by atoms with Crippen molar-refractivity contribution in [3.8, 4) is 0 Å². The van der Waals surface area contributed by atoms with Gasteiger partial charge in [0, 0.05) is 23.0 Å². The lowest BCUT2D eigenvalue weighted by molar-refractivity contribution is -0.137. The number of aromatic amines is 1. The Morgan fingerprint density at radius 2 is 2.20 bits per heavy atom. The van der Waals surface area contributed by atoms with E-state index in [1.165, 1.54) is 41.9 Å². The zero-order valence-electron chi connectivity index (χ0n) is 11.8. The highest BCUT2D eigenvalue weighted by molar-refractivity contribution is 8.25. The molecule has 1 N–H and O–H groups in total. The highest BCUT2D eigenvalue weighted by Crippen LogP contribution is 2.30. The number of hydrogen-bond acceptors (Lipinski definition) is 4. The van der Waals surface area contributed by atoms with Crippen LogP contribution in [0.2, 0.25) is 0 Å². The third kappa shape index (κ3) is 3.52. The summed E-state index contributed by atoms with van der Waals surface area (Å²) in [6.45, 7) is 4.25. The van der Waals surface area contributed by atoms with Crippen molar-refractivity contribution in [2.45, 2.75) is 39.5 Å². The molecular formula is C15H19NO2S2. The van der Waals surface area contributed by atoms with Crippen LogP contribution in [0.5, 0.6) is 0 Å². The van der Waals surface area contributed by atoms with E-state index < -0.39 is 0 Å². The van der Waals surface area contributed by atoms with Crippen LogP contribution in [0.4, 0.5) is 0 Å². The first kappa shape index (κ1) is 15.3. The van der Waals surface area contributed by atoms with Crippen LogP contribution in [0.3, 0.4) is 0 Å². The number of aromatic nitrogens is 1. The van der Waals surface area contributed by atoms with Crippen LogP contribution in [0.25, 0.3) is 0 Å². The molecule has 0 aromatic carbocycles. The fourth-order valence-electron chi connectivity index (χ4n) is 2.51. The van der Waals surface area contributed by atoms with Crippen LogP contribution < -0.4 is 0 Å². The largest absolute Gasteiger partial charge is 0.463 e. The van der Waals surface area contributed by atoms with Gasteiger partial charge in [0.15, 0.2) is 0 Å². The first-order valence-corrected chi connectivity index (χ1v) is 8.16. The van der Waals surface area contributed by atoms with Crippen LogP contribution in [0, 0.1) is 6.92 Å². The molecule has 0 atom stereocenters. The SMILES string of the molecule is CCOC(=O)/C=C\SC(=S)c1c(C)[nH]c2c1CCCC2. The Morgan fingerprint density at radius 1 is 1.45 bits per heavy atom. The van der Waals surface area contributed by atoms with Gasteiger partial charge in [0.05, 0.1) is 10.8 Å². The van der Waals surface area contributed by atoms with Gasteiger partial charge in [-0.15, -0.1) is 0 Å². The summed E-state index contributed by atoms with van der Waals surface area (Å²) in [5, 5.41) is 1.71. The van der Waals surface area contributed by atoms with Gasteiger partial charge in [-0.2, -0.15) is 0 Å². The monoisotopic (exact) mass is 309 g/mol. The van der Waals surface area contributed by atoms with E-state index in [4.69, 9.17) is 17.0 Å². The number of aryl methyl sites for hydroxylation is 2. The van der Waals surface area contributed by atoms with E-state index in [2.05, 4.69) is 11.9 Å². The lowest BCUT2D eigenvalue weighted by Gasteiger charge is -2.12. The molecule has 0 aliphatic heterocycles. The van der Waals surface area contributed by atoms with Gasteiger partial charge in [-0.1, -0.05) is 24.0 Å². The molecule has 1 heterocycles. The predicted octanol–water partition coefficient (Wildman–Crippen LogP) is 3.69. The molecule has 3 nitrogen and oxygen atoms in total. The van der Waals surface area contributed by atoms with Gasteiger partial charge in [-0.3, -0.25) is 0 Å². The summed E-state index contributed by atoms with van der Waals surface area (Å²) < 4.78 is 5.66. The van der Waals surface area contributed by atoms with Crippen LogP contribution in [0.1, 0.15) is 42.3 Å². The number of carbonyl (C=O) groups excluding carboxylic acids is 1. The maximum atomic E-state index is 11.2. The Kier molecular flexibility index (Phi) is 5.43. The van der Waals surface area contributed by atoms with E-state index in [9.17, 15) is 4.79 Å². The average molecular weight is 309 g/mol. The zero-order valence-corrected chi connectivity index (χ0v) is 13.5. The van der Waals surface area contributed by atoms with Gasteiger partial charge in [0.1, 0.15) is 0 Å². The molecule has 0 amide bonds. The molecule has 1 aliphatic rings. The summed E-state index contributed by atoms with van der Waals surface area (Å²) in [4.78, 5) is 14.7. The van der Waals surface area contributed by atoms with Gasteiger partial charge >= 0.3 is 5.97 Å². The number of esters is 1. The topological polar surface area (TPSA) is 42.1 Å². The molecular weight excluding hydrogens is 290 g/mol. The molecule has 1 aromatic heterocycles. The molecule has 1 aliphatic carbocycles. The number of thioether (sulfide) groups is 1. The molecule has 20 heavy (non-hydrogen) atoms. The number of H-pyrrole nitrogens is 1. The minimum atomic E-state index is -0.324. The van der Waals surface area contributed by atoms with Crippen molar-refractivity contribution in [1.82, 2.24) is 4.98 Å². The number of carbonyl (C=O) groups is 1. The third-order valence-electron chi connectivity index (χ3n) is 3.35. The Bertz CT molecular complexity index is 546. The Morgan fingerprint density at radius 3 is 2.95 bits per heavy atom. The van der Waals surface area contributed by atoms with Crippen molar-refractivity contribution in [3.05, 3.63) is 34.0 Å². The molecule has 0 bridgehead atoms. The number of ether oxygens (including phenoxy) is 1. The molecule has 0 saturated carbocycles. The van der Waals surface area contributed by atoms with Crippen molar-refractivity contribution in [2.24, 2.45) is 0 Å². The molecule has 0 fully saturated rings. The van der Waals surface area contributed by atoms with Crippen molar-refractivity contribution >= 4 is 34.1 Å². The summed E-state index contributed by atoms with van der Waals surface area (Å²) >= 11 is 6.91. The van der Waals surface area contributed by atoms with Crippen molar-refractivity contribution in [3.63, 3.8) is 0 Å². The van der Waals surface area contributed by atoms with Crippen LogP contribution in [0.15, 0.2) is 11.5 Å². The standard InChI is InChI=1S/C15H19NO2S2/c1-3-18-13(17)8-9-20-15(19)14-10(2)16-12-7-5-4-6-11(12)14/h8-9,16H,3-7H2,1-2H3/b9-8-. The van der Waals surface area contributed by atoms with E-state index in [-0.39, 0.29) is 5.97 Å². The van der Waals surface area contributed by atoms with Crippen LogP contribution in [-0.4, -0.2) is 21.8 Å². The normalized spacial score (nSPS) is 14.3. The van der Waals surface area contributed by atoms with Crippen molar-refractivity contribution < 1.29 is 9.53 Å². The molecule has 108 valence electrons. The maximum absolute atomic E-state index is 11.2. The summed E-state index contributed by atoms with van der Waals surface area (Å²) in [7, 11) is 0. The molecule has 5 heteroatoms. The minimum absolute atomic E-state index is 0.324. The Balaban J connectivity index is 2.06. The van der Waals surface area contributed by atoms with E-state index in [1.807, 2.05) is 0 Å². The fraction of sp³-hybridized carbons (Fsp3) is 0.467. The van der Waals surface area contributed by atoms with Crippen LogP contribution in [-0.2, 0) is 22.4 Å². The van der Waals surface area contributed by atoms with Gasteiger partial charge in [0.25, 0.3) is 0 Å². The lowest BCUT2D eigenvalue weighted by atomic mass is 9.95. The summed E-state index contributed by atoms with van der Waals surface area (Å²) in [6.07, 6.45) is 6.10. The summed E-state index contributed by atoms with van der Waals surface area (Å²) in [5.41, 5.74) is 5.00. The highest BCUT2D eigenvalue weighted by atomic mass is 32.2. The molecule has 0 radical (unpaired) electrons. The predicted molar refractivity (Wildman–Crippen MR) is 87.2 cm³/mol. The smallest absolute Gasteiger partial charge is 0.331 e. The average Bonchev–Trinajstić information content (AvgIpc) is 2.74. The second kappa shape index (κ2) is 7.09. The van der Waals surface area contributed by atoms with Gasteiger partial charge in [-0.25, -0.2) is 4.79 Å². The Hall–Kier alpha value is -1.07. The summed E-state index contributed by atoms with van der Waals surface area (Å²) in [6, 6.07) is 0. The molecule has 1 aromatic rings. The molecule has 0 saturated heterocycles. The fourth-order valence-corrected chi connectivity index (χ4v) is 3.65. The molecule has 0 spiro atoms. The van der Waals surface area contributed by atoms with Gasteiger partial charge in [-0.05, 0) is 50.5 Å². The minimum Gasteiger partial charge on any atom is -0.463 e. The van der Waals surface area contributed by atoms with E-state index in [1.54, 1.807) is 12.3 Å². The van der Waals surface area contributed by atoms with Gasteiger partial charge < -0.3 is 9.72 Å². The number of thiocarbonyl (C=S) groups is 1. The Labute approximate surface area is 129 Å². The summed E-state index contributed by atoms with van der Waals surface area (Å²) in [5.74, 6) is -0.324. The number of nitrogens with one attached hydrogen (secondary N) is 1. The third-order valence-corrected chi connectivity index (χ3v) is 4.54. The van der Waals surface area contributed by atoms with E-state index in [0.717, 1.165) is 28.3 Å². The number of fused-ring (bicyclic) bond motifs is 1. The second-order valence-electron chi connectivity index (χ2n) is 4.75. The first-order valence-electron chi connectivity index (χ1n) is 6.88. The van der Waals surface area contributed by atoms with Crippen molar-refractivity contribution in [1.29, 1.82) is 0 Å². The number of rotatable bonds is 4. The quantitative estimate of drug-likeness (QED) is 0.523.